The summed E-state index contributed by atoms with van der Waals surface area (Å²) >= 11 is 5.73. The van der Waals surface area contributed by atoms with Crippen LogP contribution in [0.2, 0.25) is 5.02 Å². The minimum absolute atomic E-state index is 0.325. The number of rotatable bonds is 4. The van der Waals surface area contributed by atoms with Crippen LogP contribution in [0.3, 0.4) is 0 Å². The molecule has 8 heteroatoms. The number of amides is 1. The number of aromatic nitrogens is 3. The number of anilines is 1. The van der Waals surface area contributed by atoms with Gasteiger partial charge in [-0.2, -0.15) is 0 Å². The van der Waals surface area contributed by atoms with E-state index in [0.29, 0.717) is 21.9 Å². The lowest BCUT2D eigenvalue weighted by Crippen LogP contribution is -2.30. The predicted molar refractivity (Wildman–Crippen MR) is 88.8 cm³/mol. The van der Waals surface area contributed by atoms with E-state index in [9.17, 15) is 9.59 Å². The van der Waals surface area contributed by atoms with E-state index in [1.54, 1.807) is 30.3 Å². The Labute approximate surface area is 142 Å². The molecular weight excluding hydrogens is 332 g/mol. The quantitative estimate of drug-likeness (QED) is 0.709. The van der Waals surface area contributed by atoms with Gasteiger partial charge in [-0.25, -0.2) is 14.8 Å². The second kappa shape index (κ2) is 6.67. The standard InChI is InChI=1S/C16H13ClN4O3/c1-9(15(22)21-14-5-3-11(17)7-18-14)24-16(23)10-2-4-12-13(6-10)20-8-19-12/h2-9H,1H3,(H,19,20)(H,18,21,22). The summed E-state index contributed by atoms with van der Waals surface area (Å²) in [6.45, 7) is 1.48. The Balaban J connectivity index is 1.64. The summed E-state index contributed by atoms with van der Waals surface area (Å²) in [5, 5.41) is 3.01. The second-order valence-corrected chi connectivity index (χ2v) is 5.47. The third-order valence-corrected chi connectivity index (χ3v) is 3.51. The number of nitrogens with zero attached hydrogens (tertiary/aromatic N) is 2. The number of halogens is 1. The van der Waals surface area contributed by atoms with Crippen molar-refractivity contribution in [2.75, 3.05) is 5.32 Å². The Morgan fingerprint density at radius 3 is 2.83 bits per heavy atom. The average molecular weight is 345 g/mol. The van der Waals surface area contributed by atoms with Crippen LogP contribution in [0.4, 0.5) is 5.82 Å². The largest absolute Gasteiger partial charge is 0.449 e. The number of ether oxygens (including phenoxy) is 1. The average Bonchev–Trinajstić information content (AvgIpc) is 3.04. The number of H-pyrrole nitrogens is 1. The first-order valence-electron chi connectivity index (χ1n) is 7.09. The summed E-state index contributed by atoms with van der Waals surface area (Å²) in [4.78, 5) is 35.1. The number of fused-ring (bicyclic) bond motifs is 1. The van der Waals surface area contributed by atoms with Gasteiger partial charge < -0.3 is 15.0 Å². The molecule has 0 saturated heterocycles. The molecule has 0 spiro atoms. The highest BCUT2D eigenvalue weighted by Gasteiger charge is 2.19. The molecule has 0 radical (unpaired) electrons. The van der Waals surface area contributed by atoms with Gasteiger partial charge in [0.1, 0.15) is 5.82 Å². The molecule has 1 aromatic carbocycles. The molecule has 0 aliphatic rings. The molecule has 0 aliphatic carbocycles. The Morgan fingerprint density at radius 2 is 2.08 bits per heavy atom. The minimum atomic E-state index is -0.979. The number of hydrogen-bond donors (Lipinski definition) is 2. The van der Waals surface area contributed by atoms with E-state index in [-0.39, 0.29) is 0 Å². The van der Waals surface area contributed by atoms with Crippen LogP contribution in [-0.4, -0.2) is 32.9 Å². The third-order valence-electron chi connectivity index (χ3n) is 3.29. The Bertz CT molecular complexity index is 892. The molecule has 0 bridgehead atoms. The molecule has 122 valence electrons. The first-order chi connectivity index (χ1) is 11.5. The maximum Gasteiger partial charge on any atom is 0.338 e. The number of pyridine rings is 1. The number of carbonyl (C=O) groups is 2. The fourth-order valence-corrected chi connectivity index (χ4v) is 2.13. The molecule has 0 saturated carbocycles. The van der Waals surface area contributed by atoms with Crippen molar-refractivity contribution in [1.82, 2.24) is 15.0 Å². The van der Waals surface area contributed by atoms with Gasteiger partial charge in [0.25, 0.3) is 5.91 Å². The van der Waals surface area contributed by atoms with Crippen molar-refractivity contribution < 1.29 is 14.3 Å². The first kappa shape index (κ1) is 15.9. The highest BCUT2D eigenvalue weighted by Crippen LogP contribution is 2.14. The molecular formula is C16H13ClN4O3. The lowest BCUT2D eigenvalue weighted by Gasteiger charge is -2.13. The van der Waals surface area contributed by atoms with Crippen LogP contribution in [0, 0.1) is 0 Å². The van der Waals surface area contributed by atoms with Gasteiger partial charge in [0.15, 0.2) is 6.10 Å². The summed E-state index contributed by atoms with van der Waals surface area (Å²) in [5.74, 6) is -0.759. The van der Waals surface area contributed by atoms with Gasteiger partial charge in [0, 0.05) is 6.20 Å². The van der Waals surface area contributed by atoms with Crippen molar-refractivity contribution in [3.05, 3.63) is 53.4 Å². The number of esters is 1. The Morgan fingerprint density at radius 1 is 1.25 bits per heavy atom. The second-order valence-electron chi connectivity index (χ2n) is 5.03. The maximum absolute atomic E-state index is 12.2. The van der Waals surface area contributed by atoms with E-state index in [2.05, 4.69) is 20.3 Å². The zero-order valence-electron chi connectivity index (χ0n) is 12.6. The zero-order valence-corrected chi connectivity index (χ0v) is 13.4. The number of carbonyl (C=O) groups excluding carboxylic acids is 2. The monoisotopic (exact) mass is 344 g/mol. The molecule has 7 nitrogen and oxygen atoms in total. The van der Waals surface area contributed by atoms with Gasteiger partial charge in [-0.05, 0) is 37.3 Å². The summed E-state index contributed by atoms with van der Waals surface area (Å²) in [6, 6.07) is 8.07. The predicted octanol–water partition coefficient (Wildman–Crippen LogP) is 2.80. The van der Waals surface area contributed by atoms with Crippen LogP contribution in [0.25, 0.3) is 11.0 Å². The summed E-state index contributed by atoms with van der Waals surface area (Å²) in [5.41, 5.74) is 1.79. The SMILES string of the molecule is CC(OC(=O)c1ccc2nc[nH]c2c1)C(=O)Nc1ccc(Cl)cn1. The van der Waals surface area contributed by atoms with Crippen LogP contribution >= 0.6 is 11.6 Å². The van der Waals surface area contributed by atoms with Gasteiger partial charge in [-0.15, -0.1) is 0 Å². The Kier molecular flexibility index (Phi) is 4.43. The van der Waals surface area contributed by atoms with Crippen LogP contribution in [-0.2, 0) is 9.53 Å². The third kappa shape index (κ3) is 3.52. The van der Waals surface area contributed by atoms with E-state index in [4.69, 9.17) is 16.3 Å². The van der Waals surface area contributed by atoms with Crippen LogP contribution in [0.15, 0.2) is 42.9 Å². The zero-order chi connectivity index (χ0) is 17.1. The van der Waals surface area contributed by atoms with Gasteiger partial charge in [0.2, 0.25) is 0 Å². The highest BCUT2D eigenvalue weighted by molar-refractivity contribution is 6.30. The van der Waals surface area contributed by atoms with E-state index >= 15 is 0 Å². The smallest absolute Gasteiger partial charge is 0.338 e. The number of imidazole rings is 1. The maximum atomic E-state index is 12.2. The molecule has 3 aromatic rings. The van der Waals surface area contributed by atoms with Gasteiger partial charge >= 0.3 is 5.97 Å². The topological polar surface area (TPSA) is 97.0 Å². The molecule has 1 atom stereocenters. The molecule has 1 unspecified atom stereocenters. The highest BCUT2D eigenvalue weighted by atomic mass is 35.5. The Hall–Kier alpha value is -2.93. The van der Waals surface area contributed by atoms with Crippen molar-refractivity contribution >= 4 is 40.3 Å². The van der Waals surface area contributed by atoms with Crippen molar-refractivity contribution in [2.24, 2.45) is 0 Å². The fourth-order valence-electron chi connectivity index (χ4n) is 2.02. The summed E-state index contributed by atoms with van der Waals surface area (Å²) < 4.78 is 5.18. The summed E-state index contributed by atoms with van der Waals surface area (Å²) in [7, 11) is 0. The van der Waals surface area contributed by atoms with Crippen molar-refractivity contribution in [2.45, 2.75) is 13.0 Å². The molecule has 24 heavy (non-hydrogen) atoms. The molecule has 1 amide bonds. The van der Waals surface area contributed by atoms with Gasteiger partial charge in [-0.3, -0.25) is 4.79 Å². The molecule has 2 N–H and O–H groups in total. The van der Waals surface area contributed by atoms with Gasteiger partial charge in [-0.1, -0.05) is 11.6 Å². The van der Waals surface area contributed by atoms with Crippen molar-refractivity contribution in [3.8, 4) is 0 Å². The summed E-state index contributed by atoms with van der Waals surface area (Å²) in [6.07, 6.45) is 1.97. The fraction of sp³-hybridized carbons (Fsp3) is 0.125. The van der Waals surface area contributed by atoms with Gasteiger partial charge in [0.05, 0.1) is 27.9 Å². The van der Waals surface area contributed by atoms with E-state index < -0.39 is 18.0 Å². The number of nitrogens with one attached hydrogen (secondary N) is 2. The minimum Gasteiger partial charge on any atom is -0.449 e. The van der Waals surface area contributed by atoms with Crippen LogP contribution < -0.4 is 5.32 Å². The molecule has 2 heterocycles. The van der Waals surface area contributed by atoms with Crippen molar-refractivity contribution in [1.29, 1.82) is 0 Å². The number of hydrogen-bond acceptors (Lipinski definition) is 5. The molecule has 0 fully saturated rings. The van der Waals surface area contributed by atoms with E-state index in [0.717, 1.165) is 5.52 Å². The number of benzene rings is 1. The lowest BCUT2D eigenvalue weighted by atomic mass is 10.2. The molecule has 3 rings (SSSR count). The van der Waals surface area contributed by atoms with E-state index in [1.165, 1.54) is 19.4 Å². The van der Waals surface area contributed by atoms with Crippen molar-refractivity contribution in [3.63, 3.8) is 0 Å². The first-order valence-corrected chi connectivity index (χ1v) is 7.47. The molecule has 0 aliphatic heterocycles. The van der Waals surface area contributed by atoms with Crippen LogP contribution in [0.5, 0.6) is 0 Å². The number of aromatic amines is 1. The lowest BCUT2D eigenvalue weighted by molar-refractivity contribution is -0.123. The normalized spacial score (nSPS) is 11.9. The van der Waals surface area contributed by atoms with E-state index in [1.807, 2.05) is 0 Å². The molecule has 2 aromatic heterocycles. The van der Waals surface area contributed by atoms with Crippen LogP contribution in [0.1, 0.15) is 17.3 Å².